The number of carbonyl (C=O) groups excluding carboxylic acids is 1. The van der Waals surface area contributed by atoms with Gasteiger partial charge in [-0.05, 0) is 41.6 Å². The van der Waals surface area contributed by atoms with Crippen molar-refractivity contribution in [2.24, 2.45) is 5.92 Å². The zero-order chi connectivity index (χ0) is 15.6. The fourth-order valence-electron chi connectivity index (χ4n) is 2.76. The third kappa shape index (κ3) is 3.81. The second kappa shape index (κ2) is 6.85. The van der Waals surface area contributed by atoms with Crippen molar-refractivity contribution in [3.63, 3.8) is 0 Å². The molecule has 1 saturated carbocycles. The van der Waals surface area contributed by atoms with E-state index in [0.717, 1.165) is 19.3 Å². The van der Waals surface area contributed by atoms with Gasteiger partial charge in [-0.3, -0.25) is 9.48 Å². The van der Waals surface area contributed by atoms with Gasteiger partial charge in [0.05, 0.1) is 10.2 Å². The number of halogens is 3. The number of hydrogen-bond donors (Lipinski definition) is 1. The van der Waals surface area contributed by atoms with Crippen LogP contribution < -0.4 is 5.32 Å². The molecule has 1 aliphatic carbocycles. The molecule has 0 bridgehead atoms. The van der Waals surface area contributed by atoms with E-state index in [9.17, 15) is 13.6 Å². The fraction of sp³-hybridized carbons (Fsp3) is 0.714. The summed E-state index contributed by atoms with van der Waals surface area (Å²) in [5.41, 5.74) is 0.225. The number of nitrogens with zero attached hydrogens (tertiary/aromatic N) is 2. The molecule has 2 rings (SSSR count). The van der Waals surface area contributed by atoms with Crippen LogP contribution in [0.15, 0.2) is 4.47 Å². The van der Waals surface area contributed by atoms with Crippen LogP contribution in [0.3, 0.4) is 0 Å². The van der Waals surface area contributed by atoms with Gasteiger partial charge in [-0.1, -0.05) is 19.8 Å². The Morgan fingerprint density at radius 1 is 1.48 bits per heavy atom. The van der Waals surface area contributed by atoms with Gasteiger partial charge < -0.3 is 5.32 Å². The van der Waals surface area contributed by atoms with Gasteiger partial charge in [0.25, 0.3) is 6.43 Å². The number of nitrogens with one attached hydrogen (secondary N) is 1. The molecule has 21 heavy (non-hydrogen) atoms. The lowest BCUT2D eigenvalue weighted by Crippen LogP contribution is -2.42. The molecule has 0 aliphatic heterocycles. The zero-order valence-electron chi connectivity index (χ0n) is 12.2. The largest absolute Gasteiger partial charge is 0.351 e. The van der Waals surface area contributed by atoms with E-state index in [1.54, 1.807) is 6.92 Å². The highest BCUT2D eigenvalue weighted by Gasteiger charge is 2.24. The summed E-state index contributed by atoms with van der Waals surface area (Å²) < 4.78 is 27.2. The first-order chi connectivity index (χ1) is 9.90. The lowest BCUT2D eigenvalue weighted by Gasteiger charge is -2.29. The third-order valence-corrected chi connectivity index (χ3v) is 5.10. The molecule has 2 atom stereocenters. The highest BCUT2D eigenvalue weighted by atomic mass is 79.9. The summed E-state index contributed by atoms with van der Waals surface area (Å²) in [6.45, 7) is 3.77. The Balaban J connectivity index is 2.01. The van der Waals surface area contributed by atoms with E-state index in [2.05, 4.69) is 33.3 Å². The molecule has 0 aromatic carbocycles. The Hall–Kier alpha value is -0.980. The van der Waals surface area contributed by atoms with Crippen LogP contribution in [0.25, 0.3) is 0 Å². The summed E-state index contributed by atoms with van der Waals surface area (Å²) in [6.07, 6.45) is 1.78. The Bertz CT molecular complexity index is 519. The van der Waals surface area contributed by atoms with Crippen molar-refractivity contribution in [3.05, 3.63) is 15.9 Å². The van der Waals surface area contributed by atoms with Crippen LogP contribution in [0.5, 0.6) is 0 Å². The van der Waals surface area contributed by atoms with Gasteiger partial charge in [-0.25, -0.2) is 8.78 Å². The topological polar surface area (TPSA) is 46.9 Å². The monoisotopic (exact) mass is 363 g/mol. The molecule has 1 aliphatic rings. The minimum Gasteiger partial charge on any atom is -0.351 e. The van der Waals surface area contributed by atoms with Crippen LogP contribution in [0.1, 0.15) is 50.4 Å². The van der Waals surface area contributed by atoms with Crippen molar-refractivity contribution >= 4 is 21.8 Å². The molecule has 1 heterocycles. The van der Waals surface area contributed by atoms with Gasteiger partial charge in [0.1, 0.15) is 12.2 Å². The van der Waals surface area contributed by atoms with E-state index in [1.807, 2.05) is 0 Å². The quantitative estimate of drug-likeness (QED) is 0.888. The molecule has 1 aromatic heterocycles. The lowest BCUT2D eigenvalue weighted by atomic mass is 9.86. The van der Waals surface area contributed by atoms with Crippen LogP contribution in [0.2, 0.25) is 0 Å². The van der Waals surface area contributed by atoms with Crippen molar-refractivity contribution in [1.29, 1.82) is 0 Å². The summed E-state index contributed by atoms with van der Waals surface area (Å²) in [6, 6.07) is 0.181. The number of carbonyl (C=O) groups is 1. The summed E-state index contributed by atoms with van der Waals surface area (Å²) in [7, 11) is 0. The van der Waals surface area contributed by atoms with Crippen LogP contribution in [0.4, 0.5) is 8.78 Å². The van der Waals surface area contributed by atoms with Gasteiger partial charge in [0.2, 0.25) is 5.91 Å². The molecule has 1 aromatic rings. The van der Waals surface area contributed by atoms with Crippen molar-refractivity contribution in [3.8, 4) is 0 Å². The molecule has 118 valence electrons. The average Bonchev–Trinajstić information content (AvgIpc) is 2.70. The maximum Gasteiger partial charge on any atom is 0.283 e. The molecule has 0 radical (unpaired) electrons. The highest BCUT2D eigenvalue weighted by molar-refractivity contribution is 9.10. The molecule has 7 heteroatoms. The summed E-state index contributed by atoms with van der Waals surface area (Å²) in [5, 5.41) is 6.82. The van der Waals surface area contributed by atoms with Crippen LogP contribution in [-0.4, -0.2) is 21.7 Å². The van der Waals surface area contributed by atoms with E-state index in [-0.39, 0.29) is 28.7 Å². The van der Waals surface area contributed by atoms with Gasteiger partial charge in [-0.15, -0.1) is 0 Å². The first-order valence-electron chi connectivity index (χ1n) is 7.20. The van der Waals surface area contributed by atoms with E-state index in [1.165, 1.54) is 11.1 Å². The van der Waals surface area contributed by atoms with Crippen molar-refractivity contribution in [2.75, 3.05) is 0 Å². The number of aromatic nitrogens is 2. The Labute approximate surface area is 131 Å². The number of hydrogen-bond acceptors (Lipinski definition) is 2. The maximum absolute atomic E-state index is 12.8. The first kappa shape index (κ1) is 16.4. The second-order valence-electron chi connectivity index (χ2n) is 5.68. The zero-order valence-corrected chi connectivity index (χ0v) is 13.8. The molecule has 1 N–H and O–H groups in total. The van der Waals surface area contributed by atoms with Gasteiger partial charge >= 0.3 is 0 Å². The summed E-state index contributed by atoms with van der Waals surface area (Å²) >= 11 is 3.10. The van der Waals surface area contributed by atoms with Crippen LogP contribution in [0, 0.1) is 12.8 Å². The molecule has 1 fully saturated rings. The van der Waals surface area contributed by atoms with Gasteiger partial charge in [0, 0.05) is 6.04 Å². The Morgan fingerprint density at radius 2 is 2.14 bits per heavy atom. The van der Waals surface area contributed by atoms with Crippen LogP contribution >= 0.6 is 15.9 Å². The summed E-state index contributed by atoms with van der Waals surface area (Å²) in [4.78, 5) is 12.1. The number of amides is 1. The molecule has 4 nitrogen and oxygen atoms in total. The predicted molar refractivity (Wildman–Crippen MR) is 79.2 cm³/mol. The number of alkyl halides is 2. The van der Waals surface area contributed by atoms with Crippen molar-refractivity contribution in [1.82, 2.24) is 15.1 Å². The van der Waals surface area contributed by atoms with E-state index in [4.69, 9.17) is 0 Å². The van der Waals surface area contributed by atoms with E-state index < -0.39 is 6.43 Å². The SMILES string of the molecule is Cc1c(Br)c(C(F)F)nn1CC(=O)N[C@@H]1CCCC[C@H]1C. The molecule has 0 unspecified atom stereocenters. The smallest absolute Gasteiger partial charge is 0.283 e. The third-order valence-electron chi connectivity index (χ3n) is 4.12. The van der Waals surface area contributed by atoms with Gasteiger partial charge in [0.15, 0.2) is 0 Å². The van der Waals surface area contributed by atoms with Crippen LogP contribution in [-0.2, 0) is 11.3 Å². The molecule has 0 spiro atoms. The molecule has 0 saturated heterocycles. The summed E-state index contributed by atoms with van der Waals surface area (Å²) in [5.74, 6) is 0.289. The molecular weight excluding hydrogens is 344 g/mol. The van der Waals surface area contributed by atoms with Gasteiger partial charge in [-0.2, -0.15) is 5.10 Å². The minimum absolute atomic E-state index is 0.0274. The first-order valence-corrected chi connectivity index (χ1v) is 7.99. The Kier molecular flexibility index (Phi) is 5.35. The second-order valence-corrected chi connectivity index (χ2v) is 6.47. The van der Waals surface area contributed by atoms with Crippen molar-refractivity contribution < 1.29 is 13.6 Å². The molecular formula is C14H20BrF2N3O. The van der Waals surface area contributed by atoms with Crippen molar-refractivity contribution in [2.45, 2.75) is 58.5 Å². The average molecular weight is 364 g/mol. The fourth-order valence-corrected chi connectivity index (χ4v) is 3.22. The maximum atomic E-state index is 12.8. The minimum atomic E-state index is -2.65. The standard InChI is InChI=1S/C14H20BrF2N3O/c1-8-5-3-4-6-10(8)18-11(21)7-20-9(2)12(15)13(19-20)14(16)17/h8,10,14H,3-7H2,1-2H3,(H,18,21)/t8-,10-/m1/s1. The molecule has 1 amide bonds. The normalized spacial score (nSPS) is 22.6. The van der Waals surface area contributed by atoms with E-state index in [0.29, 0.717) is 11.6 Å². The highest BCUT2D eigenvalue weighted by Crippen LogP contribution is 2.29. The predicted octanol–water partition coefficient (Wildman–Crippen LogP) is 3.59. The Morgan fingerprint density at radius 3 is 2.71 bits per heavy atom. The van der Waals surface area contributed by atoms with E-state index >= 15 is 0 Å². The lowest BCUT2D eigenvalue weighted by molar-refractivity contribution is -0.123. The number of rotatable bonds is 4.